The Labute approximate surface area is 88.7 Å². The van der Waals surface area contributed by atoms with E-state index in [2.05, 4.69) is 5.10 Å². The van der Waals surface area contributed by atoms with E-state index in [9.17, 15) is 0 Å². The van der Waals surface area contributed by atoms with E-state index in [1.165, 1.54) is 0 Å². The summed E-state index contributed by atoms with van der Waals surface area (Å²) in [6.07, 6.45) is 0. The zero-order valence-electron chi connectivity index (χ0n) is 8.66. The number of hydrogen-bond donors (Lipinski definition) is 2. The zero-order chi connectivity index (χ0) is 10.9. The van der Waals surface area contributed by atoms with Crippen molar-refractivity contribution >= 4 is 11.6 Å². The summed E-state index contributed by atoms with van der Waals surface area (Å²) in [5, 5.41) is 13.8. The van der Waals surface area contributed by atoms with Gasteiger partial charge < -0.3 is 10.8 Å². The summed E-state index contributed by atoms with van der Waals surface area (Å²) in [5.41, 5.74) is 7.38. The molecule has 1 aromatic heterocycles. The Balaban J connectivity index is 3.23. The van der Waals surface area contributed by atoms with Crippen molar-refractivity contribution in [1.82, 2.24) is 9.78 Å². The van der Waals surface area contributed by atoms with Gasteiger partial charge in [0.15, 0.2) is 0 Å². The molecule has 0 aliphatic carbocycles. The Morgan fingerprint density at radius 3 is 2.57 bits per heavy atom. The molecule has 0 aromatic carbocycles. The Kier molecular flexibility index (Phi) is 3.53. The molecular formula is C9H16ClN3O. The highest BCUT2D eigenvalue weighted by molar-refractivity contribution is 6.30. The molecule has 0 saturated carbocycles. The molecule has 1 aromatic rings. The first-order valence-corrected chi connectivity index (χ1v) is 4.95. The third-order valence-electron chi connectivity index (χ3n) is 2.15. The van der Waals surface area contributed by atoms with Crippen LogP contribution in [0.3, 0.4) is 0 Å². The van der Waals surface area contributed by atoms with Crippen molar-refractivity contribution in [2.24, 2.45) is 12.8 Å². The van der Waals surface area contributed by atoms with Gasteiger partial charge >= 0.3 is 0 Å². The van der Waals surface area contributed by atoms with E-state index in [4.69, 9.17) is 22.4 Å². The summed E-state index contributed by atoms with van der Waals surface area (Å²) in [6, 6.07) is -0.450. The van der Waals surface area contributed by atoms with Crippen molar-refractivity contribution in [1.29, 1.82) is 0 Å². The minimum Gasteiger partial charge on any atom is -0.394 e. The number of aliphatic hydroxyl groups is 1. The average molecular weight is 218 g/mol. The highest BCUT2D eigenvalue weighted by Crippen LogP contribution is 2.29. The molecule has 0 spiro atoms. The number of nitrogens with two attached hydrogens (primary N) is 1. The summed E-state index contributed by atoms with van der Waals surface area (Å²) < 4.78 is 1.59. The van der Waals surface area contributed by atoms with Gasteiger partial charge in [0.2, 0.25) is 0 Å². The van der Waals surface area contributed by atoms with Gasteiger partial charge in [0, 0.05) is 12.6 Å². The number of hydrogen-bond acceptors (Lipinski definition) is 3. The van der Waals surface area contributed by atoms with Crippen LogP contribution in [0.5, 0.6) is 0 Å². The van der Waals surface area contributed by atoms with Gasteiger partial charge in [-0.25, -0.2) is 0 Å². The lowest BCUT2D eigenvalue weighted by Crippen LogP contribution is -2.16. The molecular weight excluding hydrogens is 202 g/mol. The standard InChI is InChI=1S/C9H16ClN3O/c1-5(2)8-7(6(11)4-14)9(10)13(3)12-8/h5-6,14H,4,11H2,1-3H3. The number of halogens is 1. The van der Waals surface area contributed by atoms with E-state index in [1.54, 1.807) is 11.7 Å². The van der Waals surface area contributed by atoms with Crippen LogP contribution >= 0.6 is 11.6 Å². The predicted octanol–water partition coefficient (Wildman–Crippen LogP) is 1.19. The molecule has 1 unspecified atom stereocenters. The fourth-order valence-electron chi connectivity index (χ4n) is 1.40. The third kappa shape index (κ3) is 1.92. The second-order valence-electron chi connectivity index (χ2n) is 3.66. The summed E-state index contributed by atoms with van der Waals surface area (Å²) in [7, 11) is 1.77. The Morgan fingerprint density at radius 2 is 2.14 bits per heavy atom. The van der Waals surface area contributed by atoms with Gasteiger partial charge in [-0.05, 0) is 5.92 Å². The van der Waals surface area contributed by atoms with Crippen LogP contribution in [0.4, 0.5) is 0 Å². The van der Waals surface area contributed by atoms with Crippen molar-refractivity contribution in [2.75, 3.05) is 6.61 Å². The van der Waals surface area contributed by atoms with Crippen LogP contribution < -0.4 is 5.73 Å². The molecule has 0 aliphatic heterocycles. The maximum Gasteiger partial charge on any atom is 0.131 e. The van der Waals surface area contributed by atoms with Gasteiger partial charge in [0.1, 0.15) is 5.15 Å². The van der Waals surface area contributed by atoms with Crippen molar-refractivity contribution in [3.05, 3.63) is 16.4 Å². The van der Waals surface area contributed by atoms with Crippen molar-refractivity contribution < 1.29 is 5.11 Å². The number of aromatic nitrogens is 2. The van der Waals surface area contributed by atoms with Crippen molar-refractivity contribution in [2.45, 2.75) is 25.8 Å². The number of rotatable bonds is 3. The average Bonchev–Trinajstić information content (AvgIpc) is 2.43. The molecule has 0 bridgehead atoms. The molecule has 0 radical (unpaired) electrons. The van der Waals surface area contributed by atoms with Crippen LogP contribution in [0.2, 0.25) is 5.15 Å². The van der Waals surface area contributed by atoms with Crippen LogP contribution in [0.1, 0.15) is 37.1 Å². The lowest BCUT2D eigenvalue weighted by Gasteiger charge is -2.10. The zero-order valence-corrected chi connectivity index (χ0v) is 9.41. The minimum atomic E-state index is -0.450. The molecule has 14 heavy (non-hydrogen) atoms. The van der Waals surface area contributed by atoms with Crippen LogP contribution in [0.15, 0.2) is 0 Å². The molecule has 1 heterocycles. The summed E-state index contributed by atoms with van der Waals surface area (Å²) in [5.74, 6) is 0.251. The summed E-state index contributed by atoms with van der Waals surface area (Å²) >= 11 is 6.04. The van der Waals surface area contributed by atoms with E-state index in [1.807, 2.05) is 13.8 Å². The highest BCUT2D eigenvalue weighted by Gasteiger charge is 2.21. The maximum absolute atomic E-state index is 9.01. The molecule has 0 amide bonds. The second kappa shape index (κ2) is 4.29. The fourth-order valence-corrected chi connectivity index (χ4v) is 1.67. The van der Waals surface area contributed by atoms with E-state index < -0.39 is 6.04 Å². The monoisotopic (exact) mass is 217 g/mol. The van der Waals surface area contributed by atoms with Crippen LogP contribution in [0.25, 0.3) is 0 Å². The normalized spacial score (nSPS) is 13.6. The smallest absolute Gasteiger partial charge is 0.131 e. The lowest BCUT2D eigenvalue weighted by molar-refractivity contribution is 0.267. The van der Waals surface area contributed by atoms with Crippen LogP contribution in [0, 0.1) is 0 Å². The van der Waals surface area contributed by atoms with E-state index in [0.29, 0.717) is 5.15 Å². The predicted molar refractivity (Wildman–Crippen MR) is 56.3 cm³/mol. The summed E-state index contributed by atoms with van der Waals surface area (Å²) in [6.45, 7) is 3.92. The molecule has 1 rings (SSSR count). The first-order valence-electron chi connectivity index (χ1n) is 4.57. The quantitative estimate of drug-likeness (QED) is 0.800. The molecule has 5 heteroatoms. The van der Waals surface area contributed by atoms with Gasteiger partial charge in [-0.15, -0.1) is 0 Å². The summed E-state index contributed by atoms with van der Waals surface area (Å²) in [4.78, 5) is 0. The Hall–Kier alpha value is -0.580. The lowest BCUT2D eigenvalue weighted by atomic mass is 10.0. The molecule has 80 valence electrons. The highest BCUT2D eigenvalue weighted by atomic mass is 35.5. The van der Waals surface area contributed by atoms with Crippen molar-refractivity contribution in [3.8, 4) is 0 Å². The van der Waals surface area contributed by atoms with E-state index in [0.717, 1.165) is 11.3 Å². The SMILES string of the molecule is CC(C)c1nn(C)c(Cl)c1C(N)CO. The second-order valence-corrected chi connectivity index (χ2v) is 4.02. The first-order chi connectivity index (χ1) is 6.49. The minimum absolute atomic E-state index is 0.120. The molecule has 0 saturated heterocycles. The Bertz CT molecular complexity index is 322. The van der Waals surface area contributed by atoms with E-state index in [-0.39, 0.29) is 12.5 Å². The molecule has 4 nitrogen and oxygen atoms in total. The Morgan fingerprint density at radius 1 is 1.57 bits per heavy atom. The number of aliphatic hydroxyl groups excluding tert-OH is 1. The molecule has 3 N–H and O–H groups in total. The van der Waals surface area contributed by atoms with Gasteiger partial charge in [-0.3, -0.25) is 4.68 Å². The van der Waals surface area contributed by atoms with Crippen molar-refractivity contribution in [3.63, 3.8) is 0 Å². The molecule has 0 fully saturated rings. The van der Waals surface area contributed by atoms with Crippen LogP contribution in [-0.2, 0) is 7.05 Å². The largest absolute Gasteiger partial charge is 0.394 e. The topological polar surface area (TPSA) is 64.1 Å². The molecule has 0 aliphatic rings. The first kappa shape index (κ1) is 11.5. The maximum atomic E-state index is 9.01. The fraction of sp³-hybridized carbons (Fsp3) is 0.667. The van der Waals surface area contributed by atoms with Gasteiger partial charge in [-0.1, -0.05) is 25.4 Å². The molecule has 1 atom stereocenters. The van der Waals surface area contributed by atoms with E-state index >= 15 is 0 Å². The van der Waals surface area contributed by atoms with Crippen LogP contribution in [-0.4, -0.2) is 21.5 Å². The number of nitrogens with zero attached hydrogens (tertiary/aromatic N) is 2. The third-order valence-corrected chi connectivity index (χ3v) is 2.60. The number of aryl methyl sites for hydroxylation is 1. The van der Waals surface area contributed by atoms with Gasteiger partial charge in [-0.2, -0.15) is 5.10 Å². The van der Waals surface area contributed by atoms with Gasteiger partial charge in [0.05, 0.1) is 18.3 Å². The van der Waals surface area contributed by atoms with Gasteiger partial charge in [0.25, 0.3) is 0 Å².